The first kappa shape index (κ1) is 31.6. The molecule has 2 aromatic heterocycles. The molecule has 0 aliphatic heterocycles. The van der Waals surface area contributed by atoms with Crippen LogP contribution in [-0.4, -0.2) is 46.0 Å². The minimum Gasteiger partial charge on any atom is -0.406 e. The van der Waals surface area contributed by atoms with E-state index in [0.29, 0.717) is 52.9 Å². The number of benzene rings is 2. The maximum Gasteiger partial charge on any atom is 0.573 e. The molecule has 0 fully saturated rings. The van der Waals surface area contributed by atoms with Gasteiger partial charge < -0.3 is 32.2 Å². The van der Waals surface area contributed by atoms with Crippen LogP contribution in [0.3, 0.4) is 0 Å². The molecule has 0 saturated heterocycles. The summed E-state index contributed by atoms with van der Waals surface area (Å²) in [5.74, 6) is -0.241. The predicted molar refractivity (Wildman–Crippen MR) is 162 cm³/mol. The lowest BCUT2D eigenvalue weighted by atomic mass is 10.0. The minimum absolute atomic E-state index is 0.00834. The Hall–Kier alpha value is -4.36. The number of nitrogens with two attached hydrogens (primary N) is 3. The fourth-order valence-electron chi connectivity index (χ4n) is 4.76. The van der Waals surface area contributed by atoms with E-state index in [-0.39, 0.29) is 23.8 Å². The van der Waals surface area contributed by atoms with Crippen LogP contribution in [0.25, 0.3) is 28.0 Å². The van der Waals surface area contributed by atoms with Gasteiger partial charge in [-0.15, -0.1) is 13.2 Å². The van der Waals surface area contributed by atoms with Crippen molar-refractivity contribution in [2.75, 3.05) is 13.1 Å². The summed E-state index contributed by atoms with van der Waals surface area (Å²) in [5.41, 5.74) is 19.7. The van der Waals surface area contributed by atoms with Crippen molar-refractivity contribution >= 4 is 17.0 Å². The smallest absolute Gasteiger partial charge is 0.406 e. The SMILES string of the molecule is CC(N)CCCc1cc(OC(F)(F)F)cc(-c2cc3cn(-c4ccc(C(C)NCCCN=C(N)N)cc4)c(=O)nc3[nH]2)c1. The summed E-state index contributed by atoms with van der Waals surface area (Å²) in [6, 6.07) is 13.8. The van der Waals surface area contributed by atoms with Crippen LogP contribution in [0, 0.1) is 0 Å². The third-order valence-corrected chi connectivity index (χ3v) is 6.89. The second-order valence-corrected chi connectivity index (χ2v) is 10.6. The van der Waals surface area contributed by atoms with Crippen LogP contribution in [0.15, 0.2) is 64.5 Å². The van der Waals surface area contributed by atoms with E-state index in [4.69, 9.17) is 17.2 Å². The molecule has 0 radical (unpaired) electrons. The Balaban J connectivity index is 1.56. The molecule has 0 spiro atoms. The number of hydrogen-bond donors (Lipinski definition) is 5. The van der Waals surface area contributed by atoms with Gasteiger partial charge in [-0.1, -0.05) is 12.1 Å². The number of nitrogens with zero attached hydrogens (tertiary/aromatic N) is 3. The number of rotatable bonds is 13. The number of aromatic amines is 1. The fraction of sp³-hybridized carbons (Fsp3) is 0.367. The summed E-state index contributed by atoms with van der Waals surface area (Å²) in [7, 11) is 0. The van der Waals surface area contributed by atoms with Gasteiger partial charge in [0.05, 0.1) is 5.69 Å². The van der Waals surface area contributed by atoms with Crippen molar-refractivity contribution in [1.82, 2.24) is 19.9 Å². The van der Waals surface area contributed by atoms with Crippen molar-refractivity contribution in [3.63, 3.8) is 0 Å². The Morgan fingerprint density at radius 1 is 1.12 bits per heavy atom. The van der Waals surface area contributed by atoms with Gasteiger partial charge in [0, 0.05) is 41.5 Å². The molecule has 2 unspecified atom stereocenters. The number of aryl methyl sites for hydroxylation is 1. The molecule has 13 heteroatoms. The second kappa shape index (κ2) is 13.7. The van der Waals surface area contributed by atoms with Gasteiger partial charge in [0.15, 0.2) is 5.96 Å². The number of ether oxygens (including phenoxy) is 1. The number of nitrogens with one attached hydrogen (secondary N) is 2. The largest absolute Gasteiger partial charge is 0.573 e. The van der Waals surface area contributed by atoms with Crippen LogP contribution in [0.1, 0.15) is 50.3 Å². The van der Waals surface area contributed by atoms with Crippen LogP contribution >= 0.6 is 0 Å². The molecule has 4 aromatic rings. The number of hydrogen-bond acceptors (Lipinski definition) is 6. The Bertz CT molecular complexity index is 1610. The van der Waals surface area contributed by atoms with Crippen LogP contribution in [-0.2, 0) is 6.42 Å². The molecule has 230 valence electrons. The normalized spacial score (nSPS) is 13.2. The molecule has 0 aliphatic carbocycles. The zero-order valence-corrected chi connectivity index (χ0v) is 24.1. The van der Waals surface area contributed by atoms with E-state index in [1.54, 1.807) is 18.3 Å². The van der Waals surface area contributed by atoms with Crippen LogP contribution in [0.5, 0.6) is 5.75 Å². The molecular weight excluding hydrogens is 561 g/mol. The van der Waals surface area contributed by atoms with Gasteiger partial charge in [-0.2, -0.15) is 4.98 Å². The summed E-state index contributed by atoms with van der Waals surface area (Å²) in [4.78, 5) is 24.1. The first-order valence-corrected chi connectivity index (χ1v) is 14.0. The van der Waals surface area contributed by atoms with Crippen molar-refractivity contribution in [2.45, 2.75) is 58.0 Å². The van der Waals surface area contributed by atoms with E-state index < -0.39 is 12.1 Å². The summed E-state index contributed by atoms with van der Waals surface area (Å²) >= 11 is 0. The fourth-order valence-corrected chi connectivity index (χ4v) is 4.76. The first-order chi connectivity index (χ1) is 20.4. The first-order valence-electron chi connectivity index (χ1n) is 14.0. The lowest BCUT2D eigenvalue weighted by Gasteiger charge is -2.15. The number of aromatic nitrogens is 3. The van der Waals surface area contributed by atoms with Crippen LogP contribution in [0.2, 0.25) is 0 Å². The second-order valence-electron chi connectivity index (χ2n) is 10.6. The highest BCUT2D eigenvalue weighted by Gasteiger charge is 2.31. The Morgan fingerprint density at radius 3 is 2.53 bits per heavy atom. The van der Waals surface area contributed by atoms with Crippen molar-refractivity contribution in [3.05, 3.63) is 76.3 Å². The molecule has 2 heterocycles. The average Bonchev–Trinajstić information content (AvgIpc) is 3.34. The third kappa shape index (κ3) is 9.06. The Kier molecular flexibility index (Phi) is 10.1. The van der Waals surface area contributed by atoms with E-state index in [2.05, 4.69) is 25.0 Å². The van der Waals surface area contributed by atoms with Crippen LogP contribution < -0.4 is 32.9 Å². The van der Waals surface area contributed by atoms with Gasteiger partial charge in [-0.25, -0.2) is 4.79 Å². The zero-order chi connectivity index (χ0) is 31.1. The molecule has 43 heavy (non-hydrogen) atoms. The zero-order valence-electron chi connectivity index (χ0n) is 24.1. The number of guanidine groups is 1. The van der Waals surface area contributed by atoms with E-state index in [0.717, 1.165) is 24.9 Å². The van der Waals surface area contributed by atoms with E-state index in [9.17, 15) is 18.0 Å². The number of fused-ring (bicyclic) bond motifs is 1. The van der Waals surface area contributed by atoms with E-state index in [1.165, 1.54) is 16.7 Å². The van der Waals surface area contributed by atoms with Gasteiger partial charge in [0.2, 0.25) is 0 Å². The van der Waals surface area contributed by atoms with Gasteiger partial charge in [0.25, 0.3) is 0 Å². The van der Waals surface area contributed by atoms with Crippen molar-refractivity contribution in [1.29, 1.82) is 0 Å². The molecule has 2 atom stereocenters. The van der Waals surface area contributed by atoms with Crippen molar-refractivity contribution in [2.24, 2.45) is 22.2 Å². The van der Waals surface area contributed by atoms with Crippen LogP contribution in [0.4, 0.5) is 13.2 Å². The Morgan fingerprint density at radius 2 is 1.86 bits per heavy atom. The molecule has 8 N–H and O–H groups in total. The number of halogens is 3. The highest BCUT2D eigenvalue weighted by Crippen LogP contribution is 2.31. The van der Waals surface area contributed by atoms with E-state index in [1.807, 2.05) is 38.1 Å². The maximum atomic E-state index is 13.0. The van der Waals surface area contributed by atoms with Crippen molar-refractivity contribution in [3.8, 4) is 22.7 Å². The highest BCUT2D eigenvalue weighted by atomic mass is 19.4. The molecule has 10 nitrogen and oxygen atoms in total. The molecule has 2 aromatic carbocycles. The average molecular weight is 599 g/mol. The molecular formula is C30H37F3N8O2. The lowest BCUT2D eigenvalue weighted by molar-refractivity contribution is -0.274. The monoisotopic (exact) mass is 598 g/mol. The summed E-state index contributed by atoms with van der Waals surface area (Å²) in [5, 5.41) is 4.03. The minimum atomic E-state index is -4.83. The highest BCUT2D eigenvalue weighted by molar-refractivity contribution is 5.83. The maximum absolute atomic E-state index is 13.0. The summed E-state index contributed by atoms with van der Waals surface area (Å²) in [6.07, 6.45) is -0.397. The standard InChI is InChI=1S/C30H37F3N8O2/c1-18(34)5-3-6-20-13-22(15-25(14-20)43-30(31,32)33)26-16-23-17-41(29(42)40-27(23)39-26)24-9-7-21(8-10-24)19(2)37-11-4-12-38-28(35)36/h7-10,13-19,37H,3-6,11-12,34H2,1-2H3,(H4,35,36,38)(H,39,40,42). The quantitative estimate of drug-likeness (QED) is 0.0872. The molecule has 0 saturated carbocycles. The number of H-pyrrole nitrogens is 1. The van der Waals surface area contributed by atoms with Gasteiger partial charge in [-0.3, -0.25) is 9.56 Å². The van der Waals surface area contributed by atoms with Gasteiger partial charge in [0.1, 0.15) is 11.4 Å². The number of aliphatic imine (C=N–C) groups is 1. The van der Waals surface area contributed by atoms with Gasteiger partial charge >= 0.3 is 12.1 Å². The van der Waals surface area contributed by atoms with E-state index >= 15 is 0 Å². The van der Waals surface area contributed by atoms with Crippen molar-refractivity contribution < 1.29 is 17.9 Å². The summed E-state index contributed by atoms with van der Waals surface area (Å²) in [6.45, 7) is 5.20. The Labute approximate surface area is 247 Å². The third-order valence-electron chi connectivity index (χ3n) is 6.89. The molecule has 0 aliphatic rings. The topological polar surface area (TPSA) is 162 Å². The molecule has 4 rings (SSSR count). The molecule has 0 amide bonds. The lowest BCUT2D eigenvalue weighted by Crippen LogP contribution is -2.24. The summed E-state index contributed by atoms with van der Waals surface area (Å²) < 4.78 is 44.8. The van der Waals surface area contributed by atoms with Gasteiger partial charge in [-0.05, 0) is 93.6 Å². The number of alkyl halides is 3. The molecule has 0 bridgehead atoms. The predicted octanol–water partition coefficient (Wildman–Crippen LogP) is 4.26.